The van der Waals surface area contributed by atoms with E-state index in [0.717, 1.165) is 27.8 Å². The summed E-state index contributed by atoms with van der Waals surface area (Å²) >= 11 is 1.05. The number of hydrogen-bond donors (Lipinski definition) is 1. The van der Waals surface area contributed by atoms with E-state index in [1.54, 1.807) is 24.3 Å². The summed E-state index contributed by atoms with van der Waals surface area (Å²) < 4.78 is 15.8. The number of ether oxygens (including phenoxy) is 3. The molecule has 0 aliphatic carbocycles. The summed E-state index contributed by atoms with van der Waals surface area (Å²) in [5.41, 5.74) is 2.27. The van der Waals surface area contributed by atoms with Crippen molar-refractivity contribution in [1.82, 2.24) is 0 Å². The van der Waals surface area contributed by atoms with E-state index in [9.17, 15) is 9.59 Å². The molecule has 0 bridgehead atoms. The van der Waals surface area contributed by atoms with E-state index in [1.165, 1.54) is 0 Å². The third kappa shape index (κ3) is 6.73. The fraction of sp³-hybridized carbons (Fsp3) is 0.286. The monoisotopic (exact) mass is 414 g/mol. The lowest BCUT2D eigenvalue weighted by molar-refractivity contribution is -0.149. The van der Waals surface area contributed by atoms with Crippen molar-refractivity contribution in [3.8, 4) is 16.9 Å². The molecule has 7 nitrogen and oxygen atoms in total. The van der Waals surface area contributed by atoms with Gasteiger partial charge >= 0.3 is 5.97 Å². The number of thioether (sulfide) groups is 1. The second kappa shape index (κ2) is 11.0. The highest BCUT2D eigenvalue weighted by atomic mass is 32.2. The number of anilines is 1. The molecular formula is C21H22N2O5S. The predicted octanol–water partition coefficient (Wildman–Crippen LogP) is 3.84. The van der Waals surface area contributed by atoms with Gasteiger partial charge in [-0.25, -0.2) is 4.79 Å². The predicted molar refractivity (Wildman–Crippen MR) is 110 cm³/mol. The number of aryl methyl sites for hydroxylation is 2. The van der Waals surface area contributed by atoms with E-state index in [0.29, 0.717) is 23.8 Å². The molecule has 0 atom stereocenters. The maximum absolute atomic E-state index is 12.1. The average molecular weight is 414 g/mol. The number of carbonyl (C=O) groups is 2. The summed E-state index contributed by atoms with van der Waals surface area (Å²) in [5.74, 6) is -0.164. The van der Waals surface area contributed by atoms with Crippen LogP contribution in [0.5, 0.6) is 11.5 Å². The molecule has 0 aromatic heterocycles. The molecule has 0 spiro atoms. The van der Waals surface area contributed by atoms with Gasteiger partial charge in [-0.05, 0) is 67.9 Å². The van der Waals surface area contributed by atoms with E-state index in [4.69, 9.17) is 19.5 Å². The topological polar surface area (TPSA) is 97.7 Å². The van der Waals surface area contributed by atoms with E-state index < -0.39 is 18.5 Å². The molecule has 29 heavy (non-hydrogen) atoms. The van der Waals surface area contributed by atoms with Crippen LogP contribution in [0, 0.1) is 24.5 Å². The van der Waals surface area contributed by atoms with Crippen LogP contribution in [-0.2, 0) is 14.3 Å². The fourth-order valence-electron chi connectivity index (χ4n) is 2.58. The molecule has 152 valence electrons. The van der Waals surface area contributed by atoms with Gasteiger partial charge in [0.15, 0.2) is 24.7 Å². The molecule has 0 unspecified atom stereocenters. The van der Waals surface area contributed by atoms with Crippen molar-refractivity contribution in [1.29, 1.82) is 5.26 Å². The Bertz CT molecular complexity index is 901. The van der Waals surface area contributed by atoms with Gasteiger partial charge < -0.3 is 19.5 Å². The molecule has 0 aliphatic rings. The lowest BCUT2D eigenvalue weighted by Gasteiger charge is -2.13. The lowest BCUT2D eigenvalue weighted by atomic mass is 10.1. The summed E-state index contributed by atoms with van der Waals surface area (Å²) in [6.45, 7) is 5.22. The normalized spacial score (nSPS) is 10.0. The van der Waals surface area contributed by atoms with Crippen molar-refractivity contribution in [2.45, 2.75) is 25.7 Å². The van der Waals surface area contributed by atoms with Crippen molar-refractivity contribution in [2.75, 3.05) is 25.1 Å². The molecular weight excluding hydrogens is 392 g/mol. The van der Waals surface area contributed by atoms with Crippen LogP contribution in [0.25, 0.3) is 0 Å². The van der Waals surface area contributed by atoms with E-state index in [2.05, 4.69) is 5.32 Å². The van der Waals surface area contributed by atoms with Crippen molar-refractivity contribution in [3.63, 3.8) is 0 Å². The first-order chi connectivity index (χ1) is 13.9. The summed E-state index contributed by atoms with van der Waals surface area (Å²) in [5, 5.41) is 13.5. The van der Waals surface area contributed by atoms with Crippen molar-refractivity contribution >= 4 is 29.3 Å². The van der Waals surface area contributed by atoms with Crippen molar-refractivity contribution in [2.24, 2.45) is 0 Å². The maximum atomic E-state index is 12.1. The second-order valence-corrected chi connectivity index (χ2v) is 6.86. The molecule has 1 amide bonds. The molecule has 0 saturated heterocycles. The highest BCUT2D eigenvalue weighted by Gasteiger charge is 2.13. The number of nitrogens with zero attached hydrogens (tertiary/aromatic N) is 1. The van der Waals surface area contributed by atoms with Gasteiger partial charge in [-0.3, -0.25) is 4.79 Å². The zero-order valence-electron chi connectivity index (χ0n) is 16.5. The van der Waals surface area contributed by atoms with Gasteiger partial charge in [0.1, 0.15) is 5.40 Å². The standard InChI is InChI=1S/C21H22N2O5S/c1-4-26-17-7-5-6-8-18(17)27-12-20(25)28-11-19(24)23-21-14(2)9-16(29-13-22)10-15(21)3/h5-10H,4,11-12H2,1-3H3,(H,23,24). The Balaban J connectivity index is 1.85. The summed E-state index contributed by atoms with van der Waals surface area (Å²) in [6, 6.07) is 10.6. The molecule has 8 heteroatoms. The van der Waals surface area contributed by atoms with Crippen LogP contribution in [0.2, 0.25) is 0 Å². The Labute approximate surface area is 174 Å². The summed E-state index contributed by atoms with van der Waals surface area (Å²) in [4.78, 5) is 24.8. The Hall–Kier alpha value is -3.18. The zero-order chi connectivity index (χ0) is 21.2. The summed E-state index contributed by atoms with van der Waals surface area (Å²) in [6.07, 6.45) is 0. The molecule has 2 aromatic carbocycles. The fourth-order valence-corrected chi connectivity index (χ4v) is 3.15. The molecule has 0 radical (unpaired) electrons. The van der Waals surface area contributed by atoms with Crippen molar-refractivity contribution in [3.05, 3.63) is 47.5 Å². The van der Waals surface area contributed by atoms with Crippen LogP contribution in [0.1, 0.15) is 18.1 Å². The molecule has 0 saturated carbocycles. The molecule has 0 heterocycles. The van der Waals surface area contributed by atoms with Crippen LogP contribution < -0.4 is 14.8 Å². The van der Waals surface area contributed by atoms with Crippen LogP contribution in [0.15, 0.2) is 41.3 Å². The van der Waals surface area contributed by atoms with Crippen LogP contribution >= 0.6 is 11.8 Å². The average Bonchev–Trinajstić information content (AvgIpc) is 2.69. The Morgan fingerprint density at radius 2 is 1.69 bits per heavy atom. The third-order valence-corrected chi connectivity index (χ3v) is 4.36. The Kier molecular flexibility index (Phi) is 8.37. The van der Waals surface area contributed by atoms with E-state index >= 15 is 0 Å². The zero-order valence-corrected chi connectivity index (χ0v) is 17.3. The Morgan fingerprint density at radius 3 is 2.28 bits per heavy atom. The largest absolute Gasteiger partial charge is 0.490 e. The minimum Gasteiger partial charge on any atom is -0.490 e. The van der Waals surface area contributed by atoms with Gasteiger partial charge in [-0.2, -0.15) is 5.26 Å². The first-order valence-electron chi connectivity index (χ1n) is 8.91. The van der Waals surface area contributed by atoms with Crippen molar-refractivity contribution < 1.29 is 23.8 Å². The second-order valence-electron chi connectivity index (χ2n) is 6.00. The van der Waals surface area contributed by atoms with Crippen LogP contribution in [0.3, 0.4) is 0 Å². The number of amides is 1. The molecule has 2 aromatic rings. The highest BCUT2D eigenvalue weighted by Crippen LogP contribution is 2.28. The van der Waals surface area contributed by atoms with Crippen LogP contribution in [0.4, 0.5) is 5.69 Å². The van der Waals surface area contributed by atoms with Gasteiger partial charge in [0.25, 0.3) is 5.91 Å². The number of carbonyl (C=O) groups excluding carboxylic acids is 2. The number of benzene rings is 2. The molecule has 0 aliphatic heterocycles. The maximum Gasteiger partial charge on any atom is 0.344 e. The van der Waals surface area contributed by atoms with Crippen LogP contribution in [-0.4, -0.2) is 31.7 Å². The minimum atomic E-state index is -0.666. The van der Waals surface area contributed by atoms with E-state index in [-0.39, 0.29) is 6.61 Å². The number of hydrogen-bond acceptors (Lipinski definition) is 7. The number of thiocyanates is 1. The number of nitrogens with one attached hydrogen (secondary N) is 1. The first-order valence-corrected chi connectivity index (χ1v) is 9.73. The minimum absolute atomic E-state index is 0.338. The van der Waals surface area contributed by atoms with Gasteiger partial charge in [-0.1, -0.05) is 12.1 Å². The van der Waals surface area contributed by atoms with Gasteiger partial charge in [-0.15, -0.1) is 0 Å². The number of para-hydroxylation sites is 2. The first kappa shape index (κ1) is 22.1. The lowest BCUT2D eigenvalue weighted by Crippen LogP contribution is -2.24. The SMILES string of the molecule is CCOc1ccccc1OCC(=O)OCC(=O)Nc1c(C)cc(SC#N)cc1C. The quantitative estimate of drug-likeness (QED) is 0.378. The molecule has 1 N–H and O–H groups in total. The smallest absolute Gasteiger partial charge is 0.344 e. The summed E-state index contributed by atoms with van der Waals surface area (Å²) in [7, 11) is 0. The number of nitriles is 1. The molecule has 0 fully saturated rings. The highest BCUT2D eigenvalue weighted by molar-refractivity contribution is 8.03. The van der Waals surface area contributed by atoms with Gasteiger partial charge in [0.05, 0.1) is 6.61 Å². The van der Waals surface area contributed by atoms with Gasteiger partial charge in [0, 0.05) is 10.6 Å². The number of rotatable bonds is 9. The Morgan fingerprint density at radius 1 is 1.07 bits per heavy atom. The third-order valence-electron chi connectivity index (χ3n) is 3.79. The van der Waals surface area contributed by atoms with E-state index in [1.807, 2.05) is 38.3 Å². The van der Waals surface area contributed by atoms with Gasteiger partial charge in [0.2, 0.25) is 0 Å². The molecule has 2 rings (SSSR count). The number of esters is 1.